The minimum Gasteiger partial charge on any atom is -0.329 e. The molecule has 0 aliphatic carbocycles. The van der Waals surface area contributed by atoms with Crippen LogP contribution >= 0.6 is 11.3 Å². The van der Waals surface area contributed by atoms with Gasteiger partial charge in [-0.3, -0.25) is 4.90 Å². The monoisotopic (exact) mass is 252 g/mol. The van der Waals surface area contributed by atoms with E-state index in [9.17, 15) is 0 Å². The number of nitrogens with zero attached hydrogens (tertiary/aromatic N) is 1. The van der Waals surface area contributed by atoms with Crippen molar-refractivity contribution in [1.29, 1.82) is 0 Å². The van der Waals surface area contributed by atoms with Crippen LogP contribution in [0.5, 0.6) is 0 Å². The molecule has 0 bridgehead atoms. The smallest absolute Gasteiger partial charge is 0.0566 e. The van der Waals surface area contributed by atoms with E-state index >= 15 is 0 Å². The highest BCUT2D eigenvalue weighted by molar-refractivity contribution is 7.12. The van der Waals surface area contributed by atoms with Gasteiger partial charge >= 0.3 is 0 Å². The molecule has 0 amide bonds. The van der Waals surface area contributed by atoms with Crippen molar-refractivity contribution in [3.05, 3.63) is 21.9 Å². The van der Waals surface area contributed by atoms with Gasteiger partial charge in [0.2, 0.25) is 0 Å². The maximum atomic E-state index is 6.02. The first kappa shape index (κ1) is 13.1. The van der Waals surface area contributed by atoms with Gasteiger partial charge in [-0.1, -0.05) is 13.8 Å². The molecule has 96 valence electrons. The quantitative estimate of drug-likeness (QED) is 0.872. The summed E-state index contributed by atoms with van der Waals surface area (Å²) in [5, 5.41) is 0. The molecule has 1 aliphatic rings. The van der Waals surface area contributed by atoms with Crippen LogP contribution in [0.1, 0.15) is 48.9 Å². The Morgan fingerprint density at radius 1 is 1.47 bits per heavy atom. The van der Waals surface area contributed by atoms with Gasteiger partial charge in [-0.25, -0.2) is 0 Å². The Labute approximate surface area is 109 Å². The SMILES string of the molecule is CCc1ccc(C(CN)N2CCCC2CC)s1. The minimum atomic E-state index is 0.452. The van der Waals surface area contributed by atoms with Gasteiger partial charge in [0.1, 0.15) is 0 Å². The molecule has 2 unspecified atom stereocenters. The van der Waals surface area contributed by atoms with Gasteiger partial charge in [0.25, 0.3) is 0 Å². The lowest BCUT2D eigenvalue weighted by Crippen LogP contribution is -2.36. The second-order valence-corrected chi connectivity index (χ2v) is 6.05. The van der Waals surface area contributed by atoms with Gasteiger partial charge in [-0.05, 0) is 44.4 Å². The molecule has 0 aromatic carbocycles. The molecule has 2 heterocycles. The highest BCUT2D eigenvalue weighted by atomic mass is 32.1. The molecule has 1 aromatic heterocycles. The summed E-state index contributed by atoms with van der Waals surface area (Å²) in [5.41, 5.74) is 6.02. The first-order valence-electron chi connectivity index (χ1n) is 6.84. The van der Waals surface area contributed by atoms with Gasteiger partial charge in [0.05, 0.1) is 6.04 Å². The van der Waals surface area contributed by atoms with Crippen LogP contribution in [0.25, 0.3) is 0 Å². The summed E-state index contributed by atoms with van der Waals surface area (Å²) in [4.78, 5) is 5.57. The zero-order valence-electron chi connectivity index (χ0n) is 11.0. The van der Waals surface area contributed by atoms with Gasteiger partial charge in [0.15, 0.2) is 0 Å². The maximum Gasteiger partial charge on any atom is 0.0566 e. The van der Waals surface area contributed by atoms with Crippen LogP contribution in [-0.4, -0.2) is 24.0 Å². The standard InChI is InChI=1S/C14H24N2S/c1-3-11-6-5-9-16(11)13(10-15)14-8-7-12(4-2)17-14/h7-8,11,13H,3-6,9-10,15H2,1-2H3. The van der Waals surface area contributed by atoms with E-state index in [-0.39, 0.29) is 0 Å². The van der Waals surface area contributed by atoms with Crippen molar-refractivity contribution in [2.45, 2.75) is 51.6 Å². The average Bonchev–Trinajstić information content (AvgIpc) is 2.99. The molecule has 0 spiro atoms. The second-order valence-electron chi connectivity index (χ2n) is 4.85. The van der Waals surface area contributed by atoms with Crippen LogP contribution in [0.15, 0.2) is 12.1 Å². The van der Waals surface area contributed by atoms with E-state index in [2.05, 4.69) is 30.9 Å². The van der Waals surface area contributed by atoms with E-state index in [1.165, 1.54) is 35.6 Å². The van der Waals surface area contributed by atoms with Crippen LogP contribution in [0.4, 0.5) is 0 Å². The third-order valence-electron chi connectivity index (χ3n) is 3.88. The fourth-order valence-electron chi connectivity index (χ4n) is 2.89. The molecule has 17 heavy (non-hydrogen) atoms. The van der Waals surface area contributed by atoms with E-state index in [1.54, 1.807) is 0 Å². The Hall–Kier alpha value is -0.380. The van der Waals surface area contributed by atoms with E-state index in [4.69, 9.17) is 5.73 Å². The molecule has 1 fully saturated rings. The number of hydrogen-bond acceptors (Lipinski definition) is 3. The minimum absolute atomic E-state index is 0.452. The van der Waals surface area contributed by atoms with Crippen LogP contribution in [0.2, 0.25) is 0 Å². The second kappa shape index (κ2) is 5.98. The topological polar surface area (TPSA) is 29.3 Å². The van der Waals surface area contributed by atoms with Crippen molar-refractivity contribution in [2.75, 3.05) is 13.1 Å². The van der Waals surface area contributed by atoms with Crippen molar-refractivity contribution < 1.29 is 0 Å². The molecular weight excluding hydrogens is 228 g/mol. The van der Waals surface area contributed by atoms with Crippen LogP contribution in [-0.2, 0) is 6.42 Å². The van der Waals surface area contributed by atoms with E-state index in [0.717, 1.165) is 19.0 Å². The van der Waals surface area contributed by atoms with E-state index < -0.39 is 0 Å². The maximum absolute atomic E-state index is 6.02. The molecule has 2 N–H and O–H groups in total. The predicted molar refractivity (Wildman–Crippen MR) is 75.5 cm³/mol. The zero-order valence-corrected chi connectivity index (χ0v) is 11.8. The van der Waals surface area contributed by atoms with Crippen molar-refractivity contribution >= 4 is 11.3 Å². The Bertz CT molecular complexity index is 348. The van der Waals surface area contributed by atoms with Gasteiger partial charge in [0, 0.05) is 22.3 Å². The third kappa shape index (κ3) is 2.72. The van der Waals surface area contributed by atoms with Crippen LogP contribution in [0, 0.1) is 0 Å². The fraction of sp³-hybridized carbons (Fsp3) is 0.714. The lowest BCUT2D eigenvalue weighted by Gasteiger charge is -2.31. The van der Waals surface area contributed by atoms with Crippen LogP contribution < -0.4 is 5.73 Å². The first-order chi connectivity index (χ1) is 8.30. The van der Waals surface area contributed by atoms with Gasteiger partial charge < -0.3 is 5.73 Å². The molecule has 0 saturated carbocycles. The van der Waals surface area contributed by atoms with E-state index in [0.29, 0.717) is 6.04 Å². The van der Waals surface area contributed by atoms with Gasteiger partial charge in [-0.2, -0.15) is 0 Å². The van der Waals surface area contributed by atoms with Crippen molar-refractivity contribution in [3.8, 4) is 0 Å². The van der Waals surface area contributed by atoms with E-state index in [1.807, 2.05) is 11.3 Å². The predicted octanol–water partition coefficient (Wildman–Crippen LogP) is 3.18. The number of rotatable bonds is 5. The summed E-state index contributed by atoms with van der Waals surface area (Å²) in [6.07, 6.45) is 5.07. The van der Waals surface area contributed by atoms with Crippen molar-refractivity contribution in [1.82, 2.24) is 4.90 Å². The Balaban J connectivity index is 2.14. The van der Waals surface area contributed by atoms with Crippen molar-refractivity contribution in [2.24, 2.45) is 5.73 Å². The first-order valence-corrected chi connectivity index (χ1v) is 7.66. The molecule has 3 heteroatoms. The zero-order chi connectivity index (χ0) is 12.3. The third-order valence-corrected chi connectivity index (χ3v) is 5.21. The number of nitrogens with two attached hydrogens (primary N) is 1. The Kier molecular flexibility index (Phi) is 4.60. The largest absolute Gasteiger partial charge is 0.329 e. The molecule has 2 atom stereocenters. The number of likely N-dealkylation sites (tertiary alicyclic amines) is 1. The van der Waals surface area contributed by atoms with Crippen molar-refractivity contribution in [3.63, 3.8) is 0 Å². The number of aryl methyl sites for hydroxylation is 1. The molecule has 1 aliphatic heterocycles. The summed E-state index contributed by atoms with van der Waals surface area (Å²) in [6, 6.07) is 5.75. The summed E-state index contributed by atoms with van der Waals surface area (Å²) >= 11 is 1.94. The van der Waals surface area contributed by atoms with Gasteiger partial charge in [-0.15, -0.1) is 11.3 Å². The Morgan fingerprint density at radius 3 is 2.88 bits per heavy atom. The lowest BCUT2D eigenvalue weighted by molar-refractivity contribution is 0.183. The summed E-state index contributed by atoms with van der Waals surface area (Å²) in [5.74, 6) is 0. The summed E-state index contributed by atoms with van der Waals surface area (Å²) < 4.78 is 0. The number of thiophene rings is 1. The summed E-state index contributed by atoms with van der Waals surface area (Å²) in [6.45, 7) is 6.49. The molecule has 2 nitrogen and oxygen atoms in total. The molecule has 1 aromatic rings. The highest BCUT2D eigenvalue weighted by Gasteiger charge is 2.30. The Morgan fingerprint density at radius 2 is 2.29 bits per heavy atom. The normalized spacial score (nSPS) is 23.1. The molecule has 2 rings (SSSR count). The average molecular weight is 252 g/mol. The molecule has 0 radical (unpaired) electrons. The lowest BCUT2D eigenvalue weighted by atomic mass is 10.1. The number of hydrogen-bond donors (Lipinski definition) is 1. The highest BCUT2D eigenvalue weighted by Crippen LogP contribution is 2.33. The molecular formula is C14H24N2S. The van der Waals surface area contributed by atoms with Crippen LogP contribution in [0.3, 0.4) is 0 Å². The fourth-order valence-corrected chi connectivity index (χ4v) is 3.97. The molecule has 1 saturated heterocycles. The summed E-state index contributed by atoms with van der Waals surface area (Å²) in [7, 11) is 0.